The first kappa shape index (κ1) is 12.7. The van der Waals surface area contributed by atoms with E-state index in [1.54, 1.807) is 18.5 Å². The molecule has 2 nitrogen and oxygen atoms in total. The van der Waals surface area contributed by atoms with E-state index in [1.165, 1.54) is 11.6 Å². The number of rotatable bonds is 4. The first-order valence-corrected chi connectivity index (χ1v) is 6.05. The fourth-order valence-corrected chi connectivity index (χ4v) is 1.89. The molecule has 0 aliphatic heterocycles. The molecule has 0 fully saturated rings. The molecule has 1 heterocycles. The van der Waals surface area contributed by atoms with E-state index in [1.807, 2.05) is 25.1 Å². The number of hydrogen-bond acceptors (Lipinski definition) is 2. The lowest BCUT2D eigenvalue weighted by atomic mass is 10.1. The highest BCUT2D eigenvalue weighted by atomic mass is 19.1. The molecule has 2 aromatic rings. The van der Waals surface area contributed by atoms with Crippen LogP contribution in [-0.4, -0.2) is 4.98 Å². The van der Waals surface area contributed by atoms with Crippen LogP contribution in [0, 0.1) is 12.7 Å². The van der Waals surface area contributed by atoms with Gasteiger partial charge in [-0.1, -0.05) is 6.07 Å². The maximum Gasteiger partial charge on any atom is 0.123 e. The van der Waals surface area contributed by atoms with Gasteiger partial charge in [0.05, 0.1) is 0 Å². The van der Waals surface area contributed by atoms with Crippen LogP contribution in [0.3, 0.4) is 0 Å². The van der Waals surface area contributed by atoms with Crippen LogP contribution in [0.2, 0.25) is 0 Å². The van der Waals surface area contributed by atoms with E-state index in [4.69, 9.17) is 0 Å². The zero-order chi connectivity index (χ0) is 13.0. The number of aromatic nitrogens is 1. The fraction of sp³-hybridized carbons (Fsp3) is 0.267. The Morgan fingerprint density at radius 2 is 1.94 bits per heavy atom. The highest BCUT2D eigenvalue weighted by Gasteiger charge is 2.05. The van der Waals surface area contributed by atoms with Gasteiger partial charge in [0, 0.05) is 25.0 Å². The average molecular weight is 244 g/mol. The van der Waals surface area contributed by atoms with Crippen LogP contribution >= 0.6 is 0 Å². The van der Waals surface area contributed by atoms with E-state index in [-0.39, 0.29) is 11.9 Å². The maximum absolute atomic E-state index is 13.0. The predicted molar refractivity (Wildman–Crippen MR) is 70.6 cm³/mol. The Kier molecular flexibility index (Phi) is 4.05. The van der Waals surface area contributed by atoms with Crippen molar-refractivity contribution in [3.63, 3.8) is 0 Å². The van der Waals surface area contributed by atoms with Crippen molar-refractivity contribution in [2.24, 2.45) is 0 Å². The van der Waals surface area contributed by atoms with Gasteiger partial charge in [-0.25, -0.2) is 4.39 Å². The third-order valence-corrected chi connectivity index (χ3v) is 3.11. The molecule has 0 spiro atoms. The van der Waals surface area contributed by atoms with Crippen LogP contribution in [0.5, 0.6) is 0 Å². The standard InChI is InChI=1S/C15H17FN2/c1-11-9-15(16)4-3-14(11)10-18-12(2)13-5-7-17-8-6-13/h3-9,12,18H,10H2,1-2H3. The van der Waals surface area contributed by atoms with E-state index in [9.17, 15) is 4.39 Å². The minimum atomic E-state index is -0.182. The third-order valence-electron chi connectivity index (χ3n) is 3.11. The van der Waals surface area contributed by atoms with Gasteiger partial charge in [0.1, 0.15) is 5.82 Å². The molecule has 0 aliphatic carbocycles. The van der Waals surface area contributed by atoms with Crippen molar-refractivity contribution in [1.29, 1.82) is 0 Å². The summed E-state index contributed by atoms with van der Waals surface area (Å²) in [5.41, 5.74) is 3.30. The molecule has 0 saturated heterocycles. The Hall–Kier alpha value is -1.74. The highest BCUT2D eigenvalue weighted by molar-refractivity contribution is 5.26. The summed E-state index contributed by atoms with van der Waals surface area (Å²) < 4.78 is 13.0. The molecular weight excluding hydrogens is 227 g/mol. The quantitative estimate of drug-likeness (QED) is 0.891. The molecule has 1 atom stereocenters. The zero-order valence-corrected chi connectivity index (χ0v) is 10.7. The molecule has 18 heavy (non-hydrogen) atoms. The molecular formula is C15H17FN2. The monoisotopic (exact) mass is 244 g/mol. The Morgan fingerprint density at radius 1 is 1.22 bits per heavy atom. The molecule has 3 heteroatoms. The number of halogens is 1. The van der Waals surface area contributed by atoms with E-state index in [2.05, 4.69) is 17.2 Å². The van der Waals surface area contributed by atoms with Gasteiger partial charge in [0.2, 0.25) is 0 Å². The van der Waals surface area contributed by atoms with Crippen LogP contribution in [-0.2, 0) is 6.54 Å². The van der Waals surface area contributed by atoms with Crippen molar-refractivity contribution in [1.82, 2.24) is 10.3 Å². The van der Waals surface area contributed by atoms with Crippen molar-refractivity contribution in [3.05, 3.63) is 65.2 Å². The summed E-state index contributed by atoms with van der Waals surface area (Å²) >= 11 is 0. The fourth-order valence-electron chi connectivity index (χ4n) is 1.89. The molecule has 0 bridgehead atoms. The summed E-state index contributed by atoms with van der Waals surface area (Å²) in [5.74, 6) is -0.182. The first-order chi connectivity index (χ1) is 8.66. The summed E-state index contributed by atoms with van der Waals surface area (Å²) in [4.78, 5) is 4.00. The lowest BCUT2D eigenvalue weighted by Crippen LogP contribution is -2.18. The molecule has 2 rings (SSSR count). The van der Waals surface area contributed by atoms with Crippen molar-refractivity contribution in [2.45, 2.75) is 26.4 Å². The molecule has 1 aromatic carbocycles. The van der Waals surface area contributed by atoms with E-state index < -0.39 is 0 Å². The molecule has 1 unspecified atom stereocenters. The third kappa shape index (κ3) is 3.14. The van der Waals surface area contributed by atoms with E-state index >= 15 is 0 Å². The zero-order valence-electron chi connectivity index (χ0n) is 10.7. The molecule has 0 radical (unpaired) electrons. The van der Waals surface area contributed by atoms with E-state index in [0.29, 0.717) is 0 Å². The number of benzene rings is 1. The van der Waals surface area contributed by atoms with Crippen LogP contribution in [0.1, 0.15) is 29.7 Å². The number of aryl methyl sites for hydroxylation is 1. The van der Waals surface area contributed by atoms with Crippen LogP contribution in [0.4, 0.5) is 4.39 Å². The number of nitrogens with zero attached hydrogens (tertiary/aromatic N) is 1. The molecule has 1 aromatic heterocycles. The van der Waals surface area contributed by atoms with Gasteiger partial charge in [-0.3, -0.25) is 4.98 Å². The Labute approximate surface area is 107 Å². The van der Waals surface area contributed by atoms with Crippen LogP contribution < -0.4 is 5.32 Å². The van der Waals surface area contributed by atoms with Gasteiger partial charge in [-0.05, 0) is 54.8 Å². The molecule has 0 amide bonds. The molecule has 1 N–H and O–H groups in total. The SMILES string of the molecule is Cc1cc(F)ccc1CNC(C)c1ccncc1. The van der Waals surface area contributed by atoms with Gasteiger partial charge in [0.15, 0.2) is 0 Å². The summed E-state index contributed by atoms with van der Waals surface area (Å²) in [5, 5.41) is 3.43. The second kappa shape index (κ2) is 5.74. The largest absolute Gasteiger partial charge is 0.306 e. The van der Waals surface area contributed by atoms with Gasteiger partial charge in [-0.15, -0.1) is 0 Å². The lowest BCUT2D eigenvalue weighted by molar-refractivity contribution is 0.570. The summed E-state index contributed by atoms with van der Waals surface area (Å²) in [6.07, 6.45) is 3.58. The van der Waals surface area contributed by atoms with Crippen molar-refractivity contribution >= 4 is 0 Å². The summed E-state index contributed by atoms with van der Waals surface area (Å²) in [7, 11) is 0. The molecule has 0 aliphatic rings. The van der Waals surface area contributed by atoms with Gasteiger partial charge in [0.25, 0.3) is 0 Å². The maximum atomic E-state index is 13.0. The minimum Gasteiger partial charge on any atom is -0.306 e. The van der Waals surface area contributed by atoms with Crippen molar-refractivity contribution in [2.75, 3.05) is 0 Å². The minimum absolute atomic E-state index is 0.182. The lowest BCUT2D eigenvalue weighted by Gasteiger charge is -2.15. The van der Waals surface area contributed by atoms with Crippen LogP contribution in [0.25, 0.3) is 0 Å². The van der Waals surface area contributed by atoms with Crippen molar-refractivity contribution < 1.29 is 4.39 Å². The highest BCUT2D eigenvalue weighted by Crippen LogP contribution is 2.14. The van der Waals surface area contributed by atoms with Gasteiger partial charge < -0.3 is 5.32 Å². The normalized spacial score (nSPS) is 12.4. The smallest absolute Gasteiger partial charge is 0.123 e. The summed E-state index contributed by atoms with van der Waals surface area (Å²) in [6, 6.07) is 9.13. The topological polar surface area (TPSA) is 24.9 Å². The Bertz CT molecular complexity index is 511. The second-order valence-electron chi connectivity index (χ2n) is 4.45. The number of hydrogen-bond donors (Lipinski definition) is 1. The van der Waals surface area contributed by atoms with Gasteiger partial charge in [-0.2, -0.15) is 0 Å². The first-order valence-electron chi connectivity index (χ1n) is 6.05. The summed E-state index contributed by atoms with van der Waals surface area (Å²) in [6.45, 7) is 4.76. The predicted octanol–water partition coefficient (Wildman–Crippen LogP) is 3.38. The van der Waals surface area contributed by atoms with Crippen molar-refractivity contribution in [3.8, 4) is 0 Å². The number of pyridine rings is 1. The van der Waals surface area contributed by atoms with Crippen LogP contribution in [0.15, 0.2) is 42.7 Å². The average Bonchev–Trinajstić information content (AvgIpc) is 2.38. The molecule has 94 valence electrons. The van der Waals surface area contributed by atoms with E-state index in [0.717, 1.165) is 17.7 Å². The Morgan fingerprint density at radius 3 is 2.61 bits per heavy atom. The van der Waals surface area contributed by atoms with Gasteiger partial charge >= 0.3 is 0 Å². The second-order valence-corrected chi connectivity index (χ2v) is 4.45. The Balaban J connectivity index is 1.99. The number of nitrogens with one attached hydrogen (secondary N) is 1. The molecule has 0 saturated carbocycles.